The van der Waals surface area contributed by atoms with Gasteiger partial charge in [-0.25, -0.2) is 0 Å². The van der Waals surface area contributed by atoms with Crippen molar-refractivity contribution in [2.45, 2.75) is 0 Å². The van der Waals surface area contributed by atoms with E-state index in [1.807, 2.05) is 114 Å². The highest BCUT2D eigenvalue weighted by atomic mass is 16.3. The third-order valence-corrected chi connectivity index (χ3v) is 11.2. The number of benzene rings is 8. The number of hydrogen-bond acceptors (Lipinski definition) is 4. The molecule has 8 aromatic carbocycles. The Morgan fingerprint density at radius 1 is 0.414 bits per heavy atom. The van der Waals surface area contributed by atoms with Gasteiger partial charge in [0.15, 0.2) is 5.82 Å². The van der Waals surface area contributed by atoms with Gasteiger partial charge in [-0.05, 0) is 60.6 Å². The first kappa shape index (κ1) is 24.5. The number of hydrogen-bond donors (Lipinski definition) is 0. The molecule has 0 radical (unpaired) electrons. The number of furan rings is 1. The van der Waals surface area contributed by atoms with Gasteiger partial charge in [-0.1, -0.05) is 121 Å². The molecule has 0 unspecified atom stereocenters. The van der Waals surface area contributed by atoms with Crippen molar-refractivity contribution in [1.82, 2.24) is 28.7 Å². The Labute approximate surface area is 341 Å². The highest BCUT2D eigenvalue weighted by Gasteiger charge is 2.22. The molecule has 0 amide bonds. The summed E-state index contributed by atoms with van der Waals surface area (Å²) in [5.41, 5.74) is 6.25. The van der Waals surface area contributed by atoms with E-state index >= 15 is 0 Å². The van der Waals surface area contributed by atoms with E-state index < -0.39 is 48.3 Å². The second-order valence-corrected chi connectivity index (χ2v) is 14.2. The summed E-state index contributed by atoms with van der Waals surface area (Å²) >= 11 is 0. The van der Waals surface area contributed by atoms with Crippen molar-refractivity contribution in [3.8, 4) is 29.0 Å². The third-order valence-electron chi connectivity index (χ3n) is 11.2. The lowest BCUT2D eigenvalue weighted by atomic mass is 10.1. The van der Waals surface area contributed by atoms with Crippen LogP contribution in [0.4, 0.5) is 0 Å². The lowest BCUT2D eigenvalue weighted by Gasteiger charge is -2.14. The summed E-state index contributed by atoms with van der Waals surface area (Å²) < 4.78 is 83.2. The molecule has 0 aliphatic rings. The average molecular weight is 751 g/mol. The molecule has 58 heavy (non-hydrogen) atoms. The fraction of sp³-hybridized carbons (Fsp3) is 0. The first-order chi connectivity index (χ1) is 32.1. The number of aromatic nitrogens is 6. The molecule has 5 heterocycles. The van der Waals surface area contributed by atoms with Gasteiger partial charge in [0.05, 0.1) is 49.5 Å². The van der Waals surface area contributed by atoms with Gasteiger partial charge in [-0.15, -0.1) is 0 Å². The summed E-state index contributed by atoms with van der Waals surface area (Å²) in [5, 5.41) is 5.81. The zero-order chi connectivity index (χ0) is 44.9. The molecule has 0 saturated heterocycles. The van der Waals surface area contributed by atoms with E-state index in [9.17, 15) is 2.74 Å². The molecule has 5 aromatic heterocycles. The van der Waals surface area contributed by atoms with Gasteiger partial charge in [-0.3, -0.25) is 9.13 Å². The van der Waals surface area contributed by atoms with E-state index in [-0.39, 0.29) is 39.5 Å². The van der Waals surface area contributed by atoms with Crippen LogP contribution >= 0.6 is 0 Å². The molecule has 13 aromatic rings. The maximum absolute atomic E-state index is 9.25. The van der Waals surface area contributed by atoms with E-state index in [1.165, 1.54) is 4.57 Å². The Morgan fingerprint density at radius 2 is 0.966 bits per heavy atom. The lowest BCUT2D eigenvalue weighted by molar-refractivity contribution is 0.669. The van der Waals surface area contributed by atoms with Gasteiger partial charge in [0.1, 0.15) is 11.2 Å². The molecular weight excluding hydrogens is 713 g/mol. The Hall–Kier alpha value is -8.03. The normalized spacial score (nSPS) is 14.1. The van der Waals surface area contributed by atoms with E-state index in [1.54, 1.807) is 0 Å². The van der Waals surface area contributed by atoms with Gasteiger partial charge in [-0.2, -0.15) is 15.0 Å². The maximum atomic E-state index is 9.25. The van der Waals surface area contributed by atoms with E-state index in [0.717, 1.165) is 71.2 Å². The summed E-state index contributed by atoms with van der Waals surface area (Å²) in [5.74, 6) is 0.272. The van der Waals surface area contributed by atoms with Crippen LogP contribution in [0.2, 0.25) is 0 Å². The predicted octanol–water partition coefficient (Wildman–Crippen LogP) is 12.7. The molecule has 7 nitrogen and oxygen atoms in total. The first-order valence-electron chi connectivity index (χ1n) is 22.8. The molecule has 0 aliphatic heterocycles. The van der Waals surface area contributed by atoms with Crippen LogP contribution in [0.3, 0.4) is 0 Å². The summed E-state index contributed by atoms with van der Waals surface area (Å²) in [7, 11) is 0. The summed E-state index contributed by atoms with van der Waals surface area (Å²) in [4.78, 5) is 15.4. The zero-order valence-corrected chi connectivity index (χ0v) is 30.3. The standard InChI is InChI=1S/C51H30N6O/c1-8-23-41-33(16-1)34-17-2-9-24-42(34)56(41)50-52-49(53-51(54-50)57-43-25-10-3-18-35(43)36-19-4-11-26-44(36)57)31-14-13-15-32(30-31)55-40-22-7-5-20-37(40)38-28-29-46-47(48(38)55)39-21-6-12-27-45(39)58-46/h1-30H/i1D,2D,8D,9D,16D,17D,23D,24D. The van der Waals surface area contributed by atoms with Crippen LogP contribution in [-0.2, 0) is 0 Å². The highest BCUT2D eigenvalue weighted by molar-refractivity contribution is 6.24. The number of fused-ring (bicyclic) bond motifs is 13. The van der Waals surface area contributed by atoms with Crippen molar-refractivity contribution >= 4 is 87.4 Å². The van der Waals surface area contributed by atoms with Gasteiger partial charge >= 0.3 is 0 Å². The number of rotatable bonds is 4. The Kier molecular flexibility index (Phi) is 4.95. The SMILES string of the molecule is [2H]c1c([2H])c([2H])c2c(c1[2H])c1c([2H])c([2H])c([2H])c([2H])c1n2-c1nc(-c2cccc(-n3c4ccccc4c4ccc5oc6ccccc6c5c43)c2)nc(-n2c3ccccc3c3ccccc32)n1. The molecule has 0 aliphatic carbocycles. The second-order valence-electron chi connectivity index (χ2n) is 14.2. The summed E-state index contributed by atoms with van der Waals surface area (Å²) in [6, 6.07) is 40.0. The van der Waals surface area contributed by atoms with E-state index in [4.69, 9.17) is 27.6 Å². The first-order valence-corrected chi connectivity index (χ1v) is 18.8. The highest BCUT2D eigenvalue weighted by Crippen LogP contribution is 2.41. The molecule has 270 valence electrons. The van der Waals surface area contributed by atoms with Crippen LogP contribution in [0.15, 0.2) is 186 Å². The Morgan fingerprint density at radius 3 is 1.64 bits per heavy atom. The van der Waals surface area contributed by atoms with Crippen molar-refractivity contribution in [2.24, 2.45) is 0 Å². The minimum atomic E-state index is -0.540. The van der Waals surface area contributed by atoms with Crippen molar-refractivity contribution in [3.63, 3.8) is 0 Å². The van der Waals surface area contributed by atoms with E-state index in [2.05, 4.69) is 28.8 Å². The Bertz CT molecular complexity index is 4170. The van der Waals surface area contributed by atoms with Crippen molar-refractivity contribution < 1.29 is 15.4 Å². The smallest absolute Gasteiger partial charge is 0.240 e. The average Bonchev–Trinajstić information content (AvgIpc) is 4.10. The zero-order valence-electron chi connectivity index (χ0n) is 38.3. The third kappa shape index (κ3) is 4.30. The van der Waals surface area contributed by atoms with Crippen molar-refractivity contribution in [3.05, 3.63) is 182 Å². The van der Waals surface area contributed by atoms with Gasteiger partial charge < -0.3 is 8.98 Å². The molecule has 0 saturated carbocycles. The van der Waals surface area contributed by atoms with E-state index in [0.29, 0.717) is 5.56 Å². The van der Waals surface area contributed by atoms with Gasteiger partial charge in [0.25, 0.3) is 0 Å². The predicted molar refractivity (Wildman–Crippen MR) is 236 cm³/mol. The number of para-hydroxylation sites is 6. The van der Waals surface area contributed by atoms with Crippen molar-refractivity contribution in [1.29, 1.82) is 0 Å². The lowest BCUT2D eigenvalue weighted by Crippen LogP contribution is -2.10. The quantitative estimate of drug-likeness (QED) is 0.180. The van der Waals surface area contributed by atoms with Crippen LogP contribution in [0, 0.1) is 0 Å². The Balaban J connectivity index is 1.16. The van der Waals surface area contributed by atoms with Gasteiger partial charge in [0, 0.05) is 49.0 Å². The van der Waals surface area contributed by atoms with Crippen molar-refractivity contribution in [2.75, 3.05) is 0 Å². The molecule has 0 bridgehead atoms. The van der Waals surface area contributed by atoms with Crippen LogP contribution in [0.5, 0.6) is 0 Å². The molecule has 13 rings (SSSR count). The fourth-order valence-electron chi connectivity index (χ4n) is 8.76. The van der Waals surface area contributed by atoms with Crippen LogP contribution in [0.25, 0.3) is 116 Å². The fourth-order valence-corrected chi connectivity index (χ4v) is 8.76. The van der Waals surface area contributed by atoms with Crippen LogP contribution < -0.4 is 0 Å². The monoisotopic (exact) mass is 750 g/mol. The molecule has 0 N–H and O–H groups in total. The molecule has 0 atom stereocenters. The minimum Gasteiger partial charge on any atom is -0.456 e. The summed E-state index contributed by atoms with van der Waals surface area (Å²) in [6.45, 7) is 0. The number of nitrogens with zero attached hydrogens (tertiary/aromatic N) is 6. The molecule has 0 fully saturated rings. The maximum Gasteiger partial charge on any atom is 0.240 e. The van der Waals surface area contributed by atoms with Crippen LogP contribution in [-0.4, -0.2) is 28.7 Å². The van der Waals surface area contributed by atoms with Gasteiger partial charge in [0.2, 0.25) is 11.9 Å². The molecule has 0 spiro atoms. The van der Waals surface area contributed by atoms with Crippen LogP contribution in [0.1, 0.15) is 11.0 Å². The molecular formula is C51H30N6O. The minimum absolute atomic E-state index is 0.0742. The molecule has 7 heteroatoms. The summed E-state index contributed by atoms with van der Waals surface area (Å²) in [6.07, 6.45) is 0. The second kappa shape index (κ2) is 11.7. The topological polar surface area (TPSA) is 66.6 Å². The largest absolute Gasteiger partial charge is 0.456 e.